The second-order valence-corrected chi connectivity index (χ2v) is 8.27. The van der Waals surface area contributed by atoms with Gasteiger partial charge in [0.05, 0.1) is 13.2 Å². The van der Waals surface area contributed by atoms with E-state index in [1.54, 1.807) is 6.07 Å². The van der Waals surface area contributed by atoms with E-state index in [-0.39, 0.29) is 11.2 Å². The largest absolute Gasteiger partial charge is 0.367 e. The number of ether oxygens (including phenoxy) is 1. The zero-order valence-corrected chi connectivity index (χ0v) is 16.2. The van der Waals surface area contributed by atoms with Crippen molar-refractivity contribution in [3.05, 3.63) is 57.5 Å². The van der Waals surface area contributed by atoms with Crippen LogP contribution >= 0.6 is 11.3 Å². The lowest BCUT2D eigenvalue weighted by Gasteiger charge is -2.41. The Hall–Kier alpha value is -2.25. The molecule has 1 aromatic carbocycles. The summed E-state index contributed by atoms with van der Waals surface area (Å²) in [6, 6.07) is 10.2. The Balaban J connectivity index is 1.50. The van der Waals surface area contributed by atoms with E-state index in [2.05, 4.69) is 46.2 Å². The first kappa shape index (κ1) is 16.9. The molecule has 1 aliphatic carbocycles. The van der Waals surface area contributed by atoms with E-state index in [0.29, 0.717) is 11.6 Å². The number of anilines is 1. The third-order valence-electron chi connectivity index (χ3n) is 5.56. The van der Waals surface area contributed by atoms with Crippen molar-refractivity contribution in [3.8, 4) is 0 Å². The van der Waals surface area contributed by atoms with Crippen molar-refractivity contribution < 1.29 is 4.74 Å². The van der Waals surface area contributed by atoms with Gasteiger partial charge >= 0.3 is 0 Å². The zero-order valence-electron chi connectivity index (χ0n) is 15.4. The highest BCUT2D eigenvalue weighted by Crippen LogP contribution is 2.43. The Bertz CT molecular complexity index is 1060. The number of hydrogen-bond acceptors (Lipinski definition) is 6. The molecule has 2 aliphatic rings. The molecule has 0 saturated carbocycles. The normalized spacial score (nSPS) is 21.9. The third-order valence-corrected chi connectivity index (χ3v) is 6.53. The Morgan fingerprint density at radius 2 is 2.22 bits per heavy atom. The van der Waals surface area contributed by atoms with Crippen molar-refractivity contribution in [2.24, 2.45) is 0 Å². The predicted molar refractivity (Wildman–Crippen MR) is 106 cm³/mol. The predicted octanol–water partition coefficient (Wildman–Crippen LogP) is 2.78. The van der Waals surface area contributed by atoms with Crippen LogP contribution in [0.2, 0.25) is 0 Å². The SMILES string of the molecule is CCCc1cc(=O)n2nc(N3CCOC4(CCc5ccccc54)C3)sc2n1. The number of fused-ring (bicyclic) bond motifs is 3. The van der Waals surface area contributed by atoms with Crippen molar-refractivity contribution in [3.63, 3.8) is 0 Å². The first-order chi connectivity index (χ1) is 13.2. The summed E-state index contributed by atoms with van der Waals surface area (Å²) < 4.78 is 7.74. The van der Waals surface area contributed by atoms with Crippen LogP contribution in [0.5, 0.6) is 0 Å². The lowest BCUT2D eigenvalue weighted by molar-refractivity contribution is -0.0592. The molecule has 1 spiro atoms. The molecule has 27 heavy (non-hydrogen) atoms. The number of benzene rings is 1. The van der Waals surface area contributed by atoms with Gasteiger partial charge in [-0.2, -0.15) is 4.52 Å². The number of morpholine rings is 1. The molecule has 1 atom stereocenters. The molecule has 0 bridgehead atoms. The van der Waals surface area contributed by atoms with Crippen molar-refractivity contribution in [1.82, 2.24) is 14.6 Å². The molecule has 0 radical (unpaired) electrons. The van der Waals surface area contributed by atoms with Gasteiger partial charge in [0.1, 0.15) is 5.60 Å². The minimum absolute atomic E-state index is 0.0971. The number of nitrogens with zero attached hydrogens (tertiary/aromatic N) is 4. The molecular formula is C20H22N4O2S. The Kier molecular flexibility index (Phi) is 4.02. The molecule has 1 saturated heterocycles. The lowest BCUT2D eigenvalue weighted by atomic mass is 9.94. The molecule has 1 aliphatic heterocycles. The minimum Gasteiger partial charge on any atom is -0.367 e. The van der Waals surface area contributed by atoms with Gasteiger partial charge in [-0.1, -0.05) is 48.9 Å². The van der Waals surface area contributed by atoms with Crippen LogP contribution in [-0.2, 0) is 23.2 Å². The third kappa shape index (κ3) is 2.76. The molecule has 1 fully saturated rings. The van der Waals surface area contributed by atoms with Gasteiger partial charge in [-0.05, 0) is 30.4 Å². The molecule has 7 heteroatoms. The second kappa shape index (κ2) is 6.42. The fourth-order valence-electron chi connectivity index (χ4n) is 4.27. The maximum atomic E-state index is 12.4. The highest BCUT2D eigenvalue weighted by Gasteiger charge is 2.43. The summed E-state index contributed by atoms with van der Waals surface area (Å²) in [7, 11) is 0. The lowest BCUT2D eigenvalue weighted by Crippen LogP contribution is -2.49. The Morgan fingerprint density at radius 1 is 1.33 bits per heavy atom. The monoisotopic (exact) mass is 382 g/mol. The number of rotatable bonds is 3. The van der Waals surface area contributed by atoms with E-state index in [0.717, 1.165) is 49.6 Å². The van der Waals surface area contributed by atoms with Gasteiger partial charge in [0.15, 0.2) is 0 Å². The van der Waals surface area contributed by atoms with Gasteiger partial charge in [-0.25, -0.2) is 4.98 Å². The molecule has 3 heterocycles. The standard InChI is InChI=1S/C20H22N4O2S/c1-2-5-15-12-17(25)24-18(21-15)27-19(22-24)23-10-11-26-20(13-23)9-8-14-6-3-4-7-16(14)20/h3-4,6-7,12H,2,5,8-11,13H2,1H3. The quantitative estimate of drug-likeness (QED) is 0.697. The zero-order chi connectivity index (χ0) is 18.4. The molecule has 0 amide bonds. The Labute approximate surface area is 161 Å². The van der Waals surface area contributed by atoms with E-state index < -0.39 is 0 Å². The maximum absolute atomic E-state index is 12.4. The van der Waals surface area contributed by atoms with E-state index in [1.807, 2.05) is 0 Å². The van der Waals surface area contributed by atoms with Crippen LogP contribution in [0.4, 0.5) is 5.13 Å². The van der Waals surface area contributed by atoms with E-state index in [1.165, 1.54) is 27.0 Å². The summed E-state index contributed by atoms with van der Waals surface area (Å²) in [6.45, 7) is 4.29. The molecular weight excluding hydrogens is 360 g/mol. The molecule has 3 aromatic rings. The first-order valence-corrected chi connectivity index (χ1v) is 10.4. The summed E-state index contributed by atoms with van der Waals surface area (Å²) in [5.41, 5.74) is 3.17. The van der Waals surface area contributed by atoms with Crippen LogP contribution in [0.25, 0.3) is 4.96 Å². The summed E-state index contributed by atoms with van der Waals surface area (Å²) in [4.78, 5) is 20.0. The molecule has 2 aromatic heterocycles. The summed E-state index contributed by atoms with van der Waals surface area (Å²) in [5, 5.41) is 5.43. The molecule has 5 rings (SSSR count). The van der Waals surface area contributed by atoms with Crippen LogP contribution < -0.4 is 10.5 Å². The van der Waals surface area contributed by atoms with E-state index >= 15 is 0 Å². The highest BCUT2D eigenvalue weighted by molar-refractivity contribution is 7.20. The fraction of sp³-hybridized carbons (Fsp3) is 0.450. The van der Waals surface area contributed by atoms with Gasteiger partial charge in [0.2, 0.25) is 10.1 Å². The van der Waals surface area contributed by atoms with Crippen LogP contribution in [-0.4, -0.2) is 34.3 Å². The van der Waals surface area contributed by atoms with Crippen molar-refractivity contribution >= 4 is 21.4 Å². The minimum atomic E-state index is -0.265. The Morgan fingerprint density at radius 3 is 3.11 bits per heavy atom. The van der Waals surface area contributed by atoms with Crippen molar-refractivity contribution in [1.29, 1.82) is 0 Å². The fourth-order valence-corrected chi connectivity index (χ4v) is 5.22. The van der Waals surface area contributed by atoms with Crippen LogP contribution in [0.1, 0.15) is 36.6 Å². The average Bonchev–Trinajstić information content (AvgIpc) is 3.26. The molecule has 0 N–H and O–H groups in total. The van der Waals surface area contributed by atoms with Gasteiger partial charge in [0, 0.05) is 18.3 Å². The van der Waals surface area contributed by atoms with Crippen LogP contribution in [0.3, 0.4) is 0 Å². The van der Waals surface area contributed by atoms with Crippen LogP contribution in [0.15, 0.2) is 35.1 Å². The summed E-state index contributed by atoms with van der Waals surface area (Å²) in [5.74, 6) is 0. The smallest absolute Gasteiger partial charge is 0.275 e. The second-order valence-electron chi connectivity index (χ2n) is 7.34. The van der Waals surface area contributed by atoms with Gasteiger partial charge in [-0.15, -0.1) is 5.10 Å². The number of aromatic nitrogens is 3. The number of aryl methyl sites for hydroxylation is 2. The molecule has 6 nitrogen and oxygen atoms in total. The maximum Gasteiger partial charge on any atom is 0.275 e. The van der Waals surface area contributed by atoms with Gasteiger partial charge in [0.25, 0.3) is 5.56 Å². The van der Waals surface area contributed by atoms with E-state index in [9.17, 15) is 4.79 Å². The topological polar surface area (TPSA) is 59.7 Å². The first-order valence-electron chi connectivity index (χ1n) is 9.56. The van der Waals surface area contributed by atoms with E-state index in [4.69, 9.17) is 4.74 Å². The van der Waals surface area contributed by atoms with Gasteiger partial charge < -0.3 is 9.64 Å². The van der Waals surface area contributed by atoms with Crippen LogP contribution in [0, 0.1) is 0 Å². The van der Waals surface area contributed by atoms with Crippen molar-refractivity contribution in [2.45, 2.75) is 38.2 Å². The van der Waals surface area contributed by atoms with Crippen molar-refractivity contribution in [2.75, 3.05) is 24.6 Å². The average molecular weight is 382 g/mol. The summed E-state index contributed by atoms with van der Waals surface area (Å²) >= 11 is 1.49. The molecule has 1 unspecified atom stereocenters. The highest BCUT2D eigenvalue weighted by atomic mass is 32.1. The summed E-state index contributed by atoms with van der Waals surface area (Å²) in [6.07, 6.45) is 3.83. The molecule has 140 valence electrons. The number of hydrogen-bond donors (Lipinski definition) is 0. The van der Waals surface area contributed by atoms with Gasteiger partial charge in [-0.3, -0.25) is 4.79 Å².